The second kappa shape index (κ2) is 10.2. The molecule has 1 aliphatic rings. The van der Waals surface area contributed by atoms with E-state index in [9.17, 15) is 13.2 Å². The average molecular weight is 483 g/mol. The highest BCUT2D eigenvalue weighted by molar-refractivity contribution is 5.85. The number of imidazole rings is 1. The van der Waals surface area contributed by atoms with E-state index < -0.39 is 17.3 Å². The maximum absolute atomic E-state index is 13.8. The van der Waals surface area contributed by atoms with Crippen molar-refractivity contribution >= 4 is 12.4 Å². The summed E-state index contributed by atoms with van der Waals surface area (Å²) in [5, 5.41) is 0. The molecule has 9 heteroatoms. The summed E-state index contributed by atoms with van der Waals surface area (Å²) >= 11 is 0. The van der Waals surface area contributed by atoms with E-state index in [4.69, 9.17) is 14.2 Å². The highest BCUT2D eigenvalue weighted by atomic mass is 35.5. The van der Waals surface area contributed by atoms with Crippen LogP contribution in [0.4, 0.5) is 13.2 Å². The Bertz CT molecular complexity index is 1080. The molecule has 1 saturated heterocycles. The monoisotopic (exact) mass is 482 g/mol. The van der Waals surface area contributed by atoms with Gasteiger partial charge in [0.1, 0.15) is 18.2 Å². The Labute approximate surface area is 196 Å². The Hall–Kier alpha value is -2.55. The standard InChI is InChI=1S/C24H25F3N2O3.ClH/c1-17-28-10-11-29(17)20-7-6-18(22(15-20)24(25,26)27)16-32-21-5-3-4-19(14-21)23(30-2)8-12-31-13-9-23;/h3-7,10-11,14-15H,8-9,12-13,16H2,1-2H3;1H. The van der Waals surface area contributed by atoms with Crippen LogP contribution >= 0.6 is 12.4 Å². The molecule has 0 aliphatic carbocycles. The molecule has 3 aromatic rings. The minimum absolute atomic E-state index is 0. The van der Waals surface area contributed by atoms with Crippen molar-refractivity contribution < 1.29 is 27.4 Å². The Morgan fingerprint density at radius 3 is 2.52 bits per heavy atom. The van der Waals surface area contributed by atoms with E-state index in [1.54, 1.807) is 43.1 Å². The molecule has 178 valence electrons. The van der Waals surface area contributed by atoms with Gasteiger partial charge in [-0.05, 0) is 36.8 Å². The molecule has 2 heterocycles. The van der Waals surface area contributed by atoms with Crippen LogP contribution in [0.25, 0.3) is 5.69 Å². The predicted molar refractivity (Wildman–Crippen MR) is 120 cm³/mol. The normalized spacial score (nSPS) is 15.7. The van der Waals surface area contributed by atoms with Gasteiger partial charge in [-0.25, -0.2) is 4.98 Å². The molecular formula is C24H26ClF3N2O3. The predicted octanol–water partition coefficient (Wildman–Crippen LogP) is 5.85. The van der Waals surface area contributed by atoms with Crippen LogP contribution in [0.3, 0.4) is 0 Å². The number of nitrogens with zero attached hydrogens (tertiary/aromatic N) is 2. The molecule has 0 unspecified atom stereocenters. The van der Waals surface area contributed by atoms with E-state index in [1.165, 1.54) is 6.07 Å². The van der Waals surface area contributed by atoms with Gasteiger partial charge in [0.15, 0.2) is 0 Å². The molecule has 1 aliphatic heterocycles. The first kappa shape index (κ1) is 25.1. The molecule has 1 aromatic heterocycles. The van der Waals surface area contributed by atoms with Crippen molar-refractivity contribution in [3.05, 3.63) is 77.4 Å². The van der Waals surface area contributed by atoms with E-state index in [0.29, 0.717) is 43.3 Å². The number of rotatable bonds is 6. The van der Waals surface area contributed by atoms with Crippen molar-refractivity contribution in [2.45, 2.75) is 38.1 Å². The van der Waals surface area contributed by atoms with Crippen LogP contribution in [0.5, 0.6) is 5.75 Å². The molecular weight excluding hydrogens is 457 g/mol. The topological polar surface area (TPSA) is 45.5 Å². The Morgan fingerprint density at radius 1 is 1.12 bits per heavy atom. The number of ether oxygens (including phenoxy) is 3. The third-order valence-corrected chi connectivity index (χ3v) is 5.95. The van der Waals surface area contributed by atoms with Crippen LogP contribution in [0.15, 0.2) is 54.9 Å². The SMILES string of the molecule is COC1(c2cccc(OCc3ccc(-n4ccnc4C)cc3C(F)(F)F)c2)CCOCC1.Cl. The number of hydrogen-bond donors (Lipinski definition) is 0. The van der Waals surface area contributed by atoms with E-state index in [0.717, 1.165) is 11.6 Å². The summed E-state index contributed by atoms with van der Waals surface area (Å²) in [6.07, 6.45) is 0.0973. The lowest BCUT2D eigenvalue weighted by Crippen LogP contribution is -2.35. The van der Waals surface area contributed by atoms with Crippen LogP contribution in [0.2, 0.25) is 0 Å². The van der Waals surface area contributed by atoms with Crippen LogP contribution in [-0.4, -0.2) is 29.9 Å². The first-order chi connectivity index (χ1) is 15.3. The first-order valence-electron chi connectivity index (χ1n) is 10.4. The van der Waals surface area contributed by atoms with E-state index in [-0.39, 0.29) is 24.6 Å². The number of aryl methyl sites for hydroxylation is 1. The number of halogens is 4. The molecule has 2 aromatic carbocycles. The number of hydrogen-bond acceptors (Lipinski definition) is 4. The van der Waals surface area contributed by atoms with Gasteiger partial charge in [-0.2, -0.15) is 13.2 Å². The molecule has 0 N–H and O–H groups in total. The zero-order chi connectivity index (χ0) is 22.8. The molecule has 0 radical (unpaired) electrons. The average Bonchev–Trinajstić information content (AvgIpc) is 3.23. The number of alkyl halides is 3. The van der Waals surface area contributed by atoms with Gasteiger partial charge in [0.2, 0.25) is 0 Å². The van der Waals surface area contributed by atoms with Gasteiger partial charge in [-0.1, -0.05) is 18.2 Å². The Kier molecular flexibility index (Phi) is 7.72. The molecule has 0 spiro atoms. The Balaban J connectivity index is 0.00000306. The maximum atomic E-state index is 13.8. The summed E-state index contributed by atoms with van der Waals surface area (Å²) in [7, 11) is 1.66. The molecule has 0 bridgehead atoms. The lowest BCUT2D eigenvalue weighted by atomic mass is 9.86. The van der Waals surface area contributed by atoms with Crippen LogP contribution in [0.1, 0.15) is 35.4 Å². The van der Waals surface area contributed by atoms with Gasteiger partial charge in [0.05, 0.1) is 11.2 Å². The second-order valence-corrected chi connectivity index (χ2v) is 7.81. The van der Waals surface area contributed by atoms with E-state index >= 15 is 0 Å². The van der Waals surface area contributed by atoms with E-state index in [2.05, 4.69) is 4.98 Å². The summed E-state index contributed by atoms with van der Waals surface area (Å²) in [5.41, 5.74) is 0.204. The van der Waals surface area contributed by atoms with Gasteiger partial charge in [-0.3, -0.25) is 0 Å². The molecule has 1 fully saturated rings. The van der Waals surface area contributed by atoms with Crippen LogP contribution < -0.4 is 4.74 Å². The van der Waals surface area contributed by atoms with Gasteiger partial charge < -0.3 is 18.8 Å². The number of benzene rings is 2. The first-order valence-corrected chi connectivity index (χ1v) is 10.4. The number of methoxy groups -OCH3 is 1. The third kappa shape index (κ3) is 5.34. The quantitative estimate of drug-likeness (QED) is 0.442. The smallest absolute Gasteiger partial charge is 0.416 e. The van der Waals surface area contributed by atoms with Crippen LogP contribution in [-0.2, 0) is 27.9 Å². The van der Waals surface area contributed by atoms with Crippen molar-refractivity contribution in [2.75, 3.05) is 20.3 Å². The van der Waals surface area contributed by atoms with Crippen molar-refractivity contribution in [3.8, 4) is 11.4 Å². The van der Waals surface area contributed by atoms with Crippen molar-refractivity contribution in [2.24, 2.45) is 0 Å². The molecule has 0 amide bonds. The highest BCUT2D eigenvalue weighted by Gasteiger charge is 2.35. The fourth-order valence-corrected chi connectivity index (χ4v) is 4.10. The minimum Gasteiger partial charge on any atom is -0.489 e. The van der Waals surface area contributed by atoms with Crippen molar-refractivity contribution in [3.63, 3.8) is 0 Å². The summed E-state index contributed by atoms with van der Waals surface area (Å²) in [5.74, 6) is 1.10. The summed E-state index contributed by atoms with van der Waals surface area (Å²) < 4.78 is 60.0. The maximum Gasteiger partial charge on any atom is 0.416 e. The Morgan fingerprint density at radius 2 is 1.88 bits per heavy atom. The van der Waals surface area contributed by atoms with Gasteiger partial charge >= 0.3 is 6.18 Å². The van der Waals surface area contributed by atoms with Gasteiger partial charge in [0.25, 0.3) is 0 Å². The lowest BCUT2D eigenvalue weighted by Gasteiger charge is -2.36. The molecule has 0 saturated carbocycles. The highest BCUT2D eigenvalue weighted by Crippen LogP contribution is 2.38. The fourth-order valence-electron chi connectivity index (χ4n) is 4.10. The molecule has 33 heavy (non-hydrogen) atoms. The minimum atomic E-state index is -4.51. The molecule has 5 nitrogen and oxygen atoms in total. The van der Waals surface area contributed by atoms with Crippen LogP contribution in [0, 0.1) is 6.92 Å². The lowest BCUT2D eigenvalue weighted by molar-refractivity contribution is -0.138. The largest absolute Gasteiger partial charge is 0.489 e. The fraction of sp³-hybridized carbons (Fsp3) is 0.375. The molecule has 4 rings (SSSR count). The summed E-state index contributed by atoms with van der Waals surface area (Å²) in [6.45, 7) is 2.72. The van der Waals surface area contributed by atoms with Crippen molar-refractivity contribution in [1.29, 1.82) is 0 Å². The van der Waals surface area contributed by atoms with Gasteiger partial charge in [-0.15, -0.1) is 12.4 Å². The third-order valence-electron chi connectivity index (χ3n) is 5.95. The zero-order valence-corrected chi connectivity index (χ0v) is 19.2. The summed E-state index contributed by atoms with van der Waals surface area (Å²) in [4.78, 5) is 4.08. The van der Waals surface area contributed by atoms with E-state index in [1.807, 2.05) is 18.2 Å². The summed E-state index contributed by atoms with van der Waals surface area (Å²) in [6, 6.07) is 11.6. The van der Waals surface area contributed by atoms with Gasteiger partial charge in [0, 0.05) is 56.8 Å². The second-order valence-electron chi connectivity index (χ2n) is 7.81. The number of aromatic nitrogens is 2. The molecule has 0 atom stereocenters. The van der Waals surface area contributed by atoms with Crippen molar-refractivity contribution in [1.82, 2.24) is 9.55 Å². The zero-order valence-electron chi connectivity index (χ0n) is 18.4.